The molecule has 0 aliphatic carbocycles. The van der Waals surface area contributed by atoms with Gasteiger partial charge in [0.1, 0.15) is 30.3 Å². The highest BCUT2D eigenvalue weighted by Crippen LogP contribution is 2.59. The fourth-order valence-electron chi connectivity index (χ4n) is 9.34. The molecule has 2 aliphatic rings. The third-order valence-corrected chi connectivity index (χ3v) is 14.7. The number of rotatable bonds is 26. The van der Waals surface area contributed by atoms with Crippen molar-refractivity contribution in [1.29, 1.82) is 5.26 Å². The van der Waals surface area contributed by atoms with Crippen molar-refractivity contribution in [3.63, 3.8) is 0 Å². The molecule has 20 heteroatoms. The monoisotopic (exact) mass is 1020 g/mol. The number of phosphoric ester groups is 1. The number of oxazole rings is 1. The lowest BCUT2D eigenvalue weighted by atomic mass is 9.72. The molecule has 71 heavy (non-hydrogen) atoms. The molecule has 0 radical (unpaired) electrons. The Morgan fingerprint density at radius 1 is 1.06 bits per heavy atom. The maximum atomic E-state index is 12.8. The Kier molecular flexibility index (Phi) is 23.7. The van der Waals surface area contributed by atoms with E-state index in [1.807, 2.05) is 78.0 Å². The Morgan fingerprint density at radius 2 is 1.72 bits per heavy atom. The highest BCUT2D eigenvalue weighted by Gasteiger charge is 2.68. The van der Waals surface area contributed by atoms with Crippen molar-refractivity contribution in [2.75, 3.05) is 34.9 Å². The standard InChI is InChI=1S/C51H83N4O15P/c1-29(21-22-52)17-15-18-30(2)31(3)23-32(4)43(58)36(8)39(56)25-42(66-14)46-47(70-71(62,63)64)50(9,10)51(69-46)26-40(57)35(7)41(68-51)20-16-19-37-27-67-49(54-37)33(5)24-34(6)53-48(61)45(60)44(59)38(28-65-13)55(11)12/h15-19,21,23,27,32-36,38-47,56-60H,20,24-26,28H2,1-14H3,(H,53,61)(H2,62,63,64)/b17-15+,19-16+,29-21+,30-18-,31-23+/t32-,33+,34-,35+,36+,38?,39+,40-,41+,42+,43-,44+,45+,46-,47+,51?/m0/s1. The number of likely N-dealkylation sites (N-methyl/N-ethyl adjacent to an activating group) is 1. The van der Waals surface area contributed by atoms with Gasteiger partial charge in [0.15, 0.2) is 17.8 Å². The molecule has 3 heterocycles. The van der Waals surface area contributed by atoms with Crippen molar-refractivity contribution < 1.29 is 72.6 Å². The Morgan fingerprint density at radius 3 is 2.31 bits per heavy atom. The van der Waals surface area contributed by atoms with Crippen molar-refractivity contribution in [2.24, 2.45) is 23.2 Å². The first-order valence-electron chi connectivity index (χ1n) is 24.2. The molecule has 402 valence electrons. The molecule has 0 saturated carbocycles. The van der Waals surface area contributed by atoms with Crippen LogP contribution in [-0.4, -0.2) is 159 Å². The van der Waals surface area contributed by atoms with Gasteiger partial charge in [-0.2, -0.15) is 5.26 Å². The number of aliphatic hydroxyl groups excluding tert-OH is 5. The lowest BCUT2D eigenvalue weighted by Crippen LogP contribution is -2.58. The van der Waals surface area contributed by atoms with Crippen LogP contribution in [0.4, 0.5) is 0 Å². The number of hydrogen-bond acceptors (Lipinski definition) is 16. The predicted octanol–water partition coefficient (Wildman–Crippen LogP) is 5.08. The fourth-order valence-corrected chi connectivity index (χ4v) is 10.0. The van der Waals surface area contributed by atoms with E-state index >= 15 is 0 Å². The summed E-state index contributed by atoms with van der Waals surface area (Å²) >= 11 is 0. The number of carbonyl (C=O) groups excluding carboxylic acids is 1. The third-order valence-electron chi connectivity index (χ3n) is 14.2. The minimum atomic E-state index is -5.16. The van der Waals surface area contributed by atoms with Crippen molar-refractivity contribution in [3.05, 3.63) is 71.0 Å². The van der Waals surface area contributed by atoms with Crippen LogP contribution >= 0.6 is 7.82 Å². The molecule has 1 spiro atoms. The van der Waals surface area contributed by atoms with Crippen molar-refractivity contribution in [1.82, 2.24) is 15.2 Å². The van der Waals surface area contributed by atoms with Gasteiger partial charge in [-0.3, -0.25) is 9.32 Å². The number of allylic oxidation sites excluding steroid dienone is 7. The summed E-state index contributed by atoms with van der Waals surface area (Å²) in [7, 11) is 1.13. The van der Waals surface area contributed by atoms with Gasteiger partial charge in [-0.15, -0.1) is 0 Å². The Bertz CT molecular complexity index is 2110. The van der Waals surface area contributed by atoms with Gasteiger partial charge >= 0.3 is 7.82 Å². The van der Waals surface area contributed by atoms with E-state index in [9.17, 15) is 44.7 Å². The summed E-state index contributed by atoms with van der Waals surface area (Å²) < 4.78 is 48.3. The SMILES string of the molecule is COCC([C@@H](O)[C@@H](O)C(=O)N[C@@H](C)C[C@@H](C)c1nc(/C=C/C[C@H]2OC3(C[C@H](O)[C@H]2C)O[C@@H]([C@@H](C[C@@H](O)[C@@H](C)[C@@H](O)[C@@H](C)/C=C(C)/C(C)=C\C=C\C(C)=C\C#N)OC)[C@@H](OP(=O)(O)O)C3(C)C)co1)N(C)C. The van der Waals surface area contributed by atoms with E-state index in [2.05, 4.69) is 10.3 Å². The van der Waals surface area contributed by atoms with E-state index < -0.39 is 104 Å². The quantitative estimate of drug-likeness (QED) is 0.0341. The van der Waals surface area contributed by atoms with Crippen molar-refractivity contribution in [3.8, 4) is 6.07 Å². The smallest absolute Gasteiger partial charge is 0.448 e. The zero-order valence-electron chi connectivity index (χ0n) is 44.0. The molecular weight excluding hydrogens is 940 g/mol. The highest BCUT2D eigenvalue weighted by atomic mass is 31.2. The number of nitrogens with one attached hydrogen (secondary N) is 1. The molecule has 19 nitrogen and oxygen atoms in total. The largest absolute Gasteiger partial charge is 0.469 e. The van der Waals surface area contributed by atoms with E-state index in [0.717, 1.165) is 16.7 Å². The van der Waals surface area contributed by atoms with E-state index in [4.69, 9.17) is 33.2 Å². The second-order valence-electron chi connectivity index (χ2n) is 20.4. The first kappa shape index (κ1) is 61.9. The zero-order valence-corrected chi connectivity index (χ0v) is 44.9. The van der Waals surface area contributed by atoms with Gasteiger partial charge in [-0.25, -0.2) is 9.55 Å². The van der Waals surface area contributed by atoms with E-state index in [-0.39, 0.29) is 37.7 Å². The molecule has 8 N–H and O–H groups in total. The molecule has 0 bridgehead atoms. The number of nitriles is 1. The number of phosphoric acid groups is 1. The number of ether oxygens (including phenoxy) is 4. The van der Waals surface area contributed by atoms with E-state index in [1.165, 1.54) is 26.6 Å². The summed E-state index contributed by atoms with van der Waals surface area (Å²) in [4.78, 5) is 39.5. The Balaban J connectivity index is 1.76. The van der Waals surface area contributed by atoms with Gasteiger partial charge in [0.05, 0.1) is 49.2 Å². The average molecular weight is 1020 g/mol. The van der Waals surface area contributed by atoms with Crippen LogP contribution in [0.1, 0.15) is 112 Å². The highest BCUT2D eigenvalue weighted by molar-refractivity contribution is 7.46. The molecule has 1 amide bonds. The van der Waals surface area contributed by atoms with E-state index in [0.29, 0.717) is 18.0 Å². The maximum absolute atomic E-state index is 12.8. The topological polar surface area (TPSA) is 287 Å². The second-order valence-corrected chi connectivity index (χ2v) is 21.6. The van der Waals surface area contributed by atoms with Gasteiger partial charge in [0, 0.05) is 68.3 Å². The molecule has 2 aliphatic heterocycles. The van der Waals surface area contributed by atoms with E-state index in [1.54, 1.807) is 52.8 Å². The van der Waals surface area contributed by atoms with Crippen LogP contribution in [0.3, 0.4) is 0 Å². The Hall–Kier alpha value is -3.42. The molecule has 1 aromatic rings. The minimum Gasteiger partial charge on any atom is -0.448 e. The number of aromatic nitrogens is 1. The molecule has 2 unspecified atom stereocenters. The summed E-state index contributed by atoms with van der Waals surface area (Å²) in [6, 6.07) is 0.980. The lowest BCUT2D eigenvalue weighted by molar-refractivity contribution is -0.334. The summed E-state index contributed by atoms with van der Waals surface area (Å²) in [5, 5.41) is 67.4. The first-order chi connectivity index (χ1) is 33.0. The van der Waals surface area contributed by atoms with Crippen LogP contribution in [0.5, 0.6) is 0 Å². The van der Waals surface area contributed by atoms with Crippen LogP contribution in [0.15, 0.2) is 63.9 Å². The molecule has 3 rings (SSSR count). The molecule has 16 atom stereocenters. The normalized spacial score (nSPS) is 27.8. The summed E-state index contributed by atoms with van der Waals surface area (Å²) in [5.41, 5.74) is 1.87. The molecular formula is C51H83N4O15P. The zero-order chi connectivity index (χ0) is 53.8. The van der Waals surface area contributed by atoms with Crippen LogP contribution in [0.2, 0.25) is 0 Å². The second kappa shape index (κ2) is 27.2. The molecule has 1 aromatic heterocycles. The van der Waals surface area contributed by atoms with Crippen LogP contribution < -0.4 is 5.32 Å². The Labute approximate surface area is 420 Å². The number of hydrogen-bond donors (Lipinski definition) is 8. The summed E-state index contributed by atoms with van der Waals surface area (Å²) in [6.45, 7) is 18.2. The minimum absolute atomic E-state index is 0.0661. The van der Waals surface area contributed by atoms with Crippen molar-refractivity contribution >= 4 is 19.8 Å². The predicted molar refractivity (Wildman–Crippen MR) is 267 cm³/mol. The van der Waals surface area contributed by atoms with Gasteiger partial charge in [-0.05, 0) is 71.9 Å². The maximum Gasteiger partial charge on any atom is 0.469 e. The molecule has 0 aromatic carbocycles. The van der Waals surface area contributed by atoms with Crippen LogP contribution in [-0.2, 0) is 32.8 Å². The lowest BCUT2D eigenvalue weighted by Gasteiger charge is -2.50. The van der Waals surface area contributed by atoms with Crippen LogP contribution in [0.25, 0.3) is 6.08 Å². The third kappa shape index (κ3) is 16.8. The number of aliphatic hydroxyl groups is 5. The average Bonchev–Trinajstić information content (AvgIpc) is 3.84. The molecule has 2 fully saturated rings. The van der Waals surface area contributed by atoms with Crippen molar-refractivity contribution in [2.45, 2.75) is 174 Å². The van der Waals surface area contributed by atoms with Gasteiger partial charge in [-0.1, -0.05) is 77.5 Å². The summed E-state index contributed by atoms with van der Waals surface area (Å²) in [6.07, 6.45) is 4.05. The number of amides is 1. The van der Waals surface area contributed by atoms with Crippen LogP contribution in [0, 0.1) is 34.5 Å². The number of carbonyl (C=O) groups is 1. The number of methoxy groups -OCH3 is 2. The molecule has 2 saturated heterocycles. The van der Waals surface area contributed by atoms with Gasteiger partial charge in [0.25, 0.3) is 5.91 Å². The van der Waals surface area contributed by atoms with Gasteiger partial charge < -0.3 is 68.9 Å². The first-order valence-corrected chi connectivity index (χ1v) is 25.8. The number of nitrogens with zero attached hydrogens (tertiary/aromatic N) is 3. The summed E-state index contributed by atoms with van der Waals surface area (Å²) in [5.74, 6) is -3.67. The fraction of sp³-hybridized carbons (Fsp3) is 0.706. The van der Waals surface area contributed by atoms with Gasteiger partial charge in [0.2, 0.25) is 0 Å².